The third-order valence-electron chi connectivity index (χ3n) is 2.48. The standard InChI is InChI=1S/C15H18F3NO4/c1-14(2,3)23-13(21)19-9-11(10-7-5-4-6-8-10)22-12(20)15(16,17)18/h4-8,11H,9H2,1-3H3,(H,19,21). The van der Waals surface area contributed by atoms with Gasteiger partial charge in [-0.15, -0.1) is 0 Å². The number of alkyl carbamates (subject to hydrolysis) is 1. The SMILES string of the molecule is CC(C)(C)OC(=O)NCC(OC(=O)C(F)(F)F)c1ccccc1. The fourth-order valence-electron chi connectivity index (χ4n) is 1.58. The number of carbonyl (C=O) groups excluding carboxylic acids is 2. The van der Waals surface area contributed by atoms with Gasteiger partial charge in [0, 0.05) is 0 Å². The molecular formula is C15H18F3NO4. The molecule has 128 valence electrons. The van der Waals surface area contributed by atoms with E-state index in [1.54, 1.807) is 39.0 Å². The molecule has 1 aromatic carbocycles. The van der Waals surface area contributed by atoms with Gasteiger partial charge in [-0.05, 0) is 26.3 Å². The van der Waals surface area contributed by atoms with Crippen molar-refractivity contribution in [3.63, 3.8) is 0 Å². The molecular weight excluding hydrogens is 315 g/mol. The number of ether oxygens (including phenoxy) is 2. The van der Waals surface area contributed by atoms with E-state index in [1.807, 2.05) is 0 Å². The predicted molar refractivity (Wildman–Crippen MR) is 75.6 cm³/mol. The van der Waals surface area contributed by atoms with Crippen LogP contribution in [0.4, 0.5) is 18.0 Å². The zero-order valence-corrected chi connectivity index (χ0v) is 12.9. The van der Waals surface area contributed by atoms with E-state index in [1.165, 1.54) is 12.1 Å². The van der Waals surface area contributed by atoms with E-state index < -0.39 is 29.9 Å². The zero-order chi connectivity index (χ0) is 17.7. The number of halogens is 3. The van der Waals surface area contributed by atoms with Gasteiger partial charge >= 0.3 is 18.2 Å². The minimum Gasteiger partial charge on any atom is -0.449 e. The smallest absolute Gasteiger partial charge is 0.449 e. The second-order valence-corrected chi connectivity index (χ2v) is 5.69. The molecule has 1 unspecified atom stereocenters. The Labute approximate surface area is 131 Å². The molecule has 0 aromatic heterocycles. The average Bonchev–Trinajstić information content (AvgIpc) is 2.41. The van der Waals surface area contributed by atoms with E-state index in [-0.39, 0.29) is 6.54 Å². The highest BCUT2D eigenvalue weighted by molar-refractivity contribution is 5.76. The molecule has 0 bridgehead atoms. The largest absolute Gasteiger partial charge is 0.490 e. The number of carbonyl (C=O) groups is 2. The fourth-order valence-corrected chi connectivity index (χ4v) is 1.58. The first-order chi connectivity index (χ1) is 10.5. The molecule has 8 heteroatoms. The lowest BCUT2D eigenvalue weighted by atomic mass is 10.1. The van der Waals surface area contributed by atoms with Gasteiger partial charge in [-0.25, -0.2) is 9.59 Å². The summed E-state index contributed by atoms with van der Waals surface area (Å²) >= 11 is 0. The van der Waals surface area contributed by atoms with Crippen LogP contribution in [0.25, 0.3) is 0 Å². The maximum Gasteiger partial charge on any atom is 0.490 e. The predicted octanol–water partition coefficient (Wildman–Crippen LogP) is 3.36. The van der Waals surface area contributed by atoms with Gasteiger partial charge in [0.25, 0.3) is 0 Å². The summed E-state index contributed by atoms with van der Waals surface area (Å²) in [5.41, 5.74) is -0.434. The molecule has 1 rings (SSSR count). The monoisotopic (exact) mass is 333 g/mol. The van der Waals surface area contributed by atoms with Crippen molar-refractivity contribution >= 4 is 12.1 Å². The lowest BCUT2D eigenvalue weighted by Crippen LogP contribution is -2.37. The third kappa shape index (κ3) is 7.03. The van der Waals surface area contributed by atoms with Gasteiger partial charge in [0.15, 0.2) is 0 Å². The molecule has 0 fully saturated rings. The van der Waals surface area contributed by atoms with Crippen molar-refractivity contribution in [2.45, 2.75) is 38.7 Å². The van der Waals surface area contributed by atoms with Crippen LogP contribution in [0.3, 0.4) is 0 Å². The molecule has 0 aliphatic heterocycles. The van der Waals surface area contributed by atoms with Crippen molar-refractivity contribution in [1.82, 2.24) is 5.32 Å². The number of nitrogens with one attached hydrogen (secondary N) is 1. The normalized spacial score (nSPS) is 13.1. The van der Waals surface area contributed by atoms with Crippen LogP contribution in [0.5, 0.6) is 0 Å². The molecule has 0 saturated carbocycles. The maximum atomic E-state index is 12.4. The summed E-state index contributed by atoms with van der Waals surface area (Å²) in [6, 6.07) is 7.80. The zero-order valence-electron chi connectivity index (χ0n) is 12.9. The Hall–Kier alpha value is -2.25. The summed E-state index contributed by atoms with van der Waals surface area (Å²) < 4.78 is 46.5. The Morgan fingerprint density at radius 2 is 1.70 bits per heavy atom. The van der Waals surface area contributed by atoms with Gasteiger partial charge in [-0.1, -0.05) is 30.3 Å². The van der Waals surface area contributed by atoms with Gasteiger partial charge < -0.3 is 14.8 Å². The average molecular weight is 333 g/mol. The van der Waals surface area contributed by atoms with E-state index in [0.717, 1.165) is 0 Å². The molecule has 1 aromatic rings. The summed E-state index contributed by atoms with van der Waals surface area (Å²) in [7, 11) is 0. The van der Waals surface area contributed by atoms with Crippen LogP contribution < -0.4 is 5.32 Å². The Bertz CT molecular complexity index is 538. The number of benzene rings is 1. The third-order valence-corrected chi connectivity index (χ3v) is 2.48. The Kier molecular flexibility index (Phi) is 6.00. The van der Waals surface area contributed by atoms with Crippen LogP contribution in [0.2, 0.25) is 0 Å². The number of hydrogen-bond donors (Lipinski definition) is 1. The molecule has 0 radical (unpaired) electrons. The second-order valence-electron chi connectivity index (χ2n) is 5.69. The van der Waals surface area contributed by atoms with E-state index in [2.05, 4.69) is 10.1 Å². The van der Waals surface area contributed by atoms with Gasteiger partial charge in [-0.2, -0.15) is 13.2 Å². The molecule has 23 heavy (non-hydrogen) atoms. The lowest BCUT2D eigenvalue weighted by molar-refractivity contribution is -0.205. The highest BCUT2D eigenvalue weighted by atomic mass is 19.4. The first kappa shape index (κ1) is 18.8. The van der Waals surface area contributed by atoms with Crippen molar-refractivity contribution in [2.75, 3.05) is 6.54 Å². The number of alkyl halides is 3. The number of rotatable bonds is 4. The topological polar surface area (TPSA) is 64.6 Å². The summed E-state index contributed by atoms with van der Waals surface area (Å²) in [4.78, 5) is 22.6. The Morgan fingerprint density at radius 1 is 1.13 bits per heavy atom. The first-order valence-corrected chi connectivity index (χ1v) is 6.78. The number of amides is 1. The quantitative estimate of drug-likeness (QED) is 0.858. The maximum absolute atomic E-state index is 12.4. The summed E-state index contributed by atoms with van der Waals surface area (Å²) in [6.45, 7) is 4.58. The molecule has 0 heterocycles. The van der Waals surface area contributed by atoms with Crippen molar-refractivity contribution in [2.24, 2.45) is 0 Å². The van der Waals surface area contributed by atoms with Crippen molar-refractivity contribution in [1.29, 1.82) is 0 Å². The van der Waals surface area contributed by atoms with E-state index in [4.69, 9.17) is 4.74 Å². The van der Waals surface area contributed by atoms with Crippen LogP contribution in [0, 0.1) is 0 Å². The highest BCUT2D eigenvalue weighted by Gasteiger charge is 2.42. The van der Waals surface area contributed by atoms with Crippen LogP contribution in [0.1, 0.15) is 32.4 Å². The van der Waals surface area contributed by atoms with Crippen LogP contribution in [-0.2, 0) is 14.3 Å². The summed E-state index contributed by atoms with van der Waals surface area (Å²) in [5, 5.41) is 2.29. The molecule has 0 saturated heterocycles. The van der Waals surface area contributed by atoms with E-state index in [9.17, 15) is 22.8 Å². The minimum atomic E-state index is -5.11. The molecule has 1 N–H and O–H groups in total. The molecule has 0 aliphatic carbocycles. The summed E-state index contributed by atoms with van der Waals surface area (Å²) in [6.07, 6.45) is -7.21. The number of hydrogen-bond acceptors (Lipinski definition) is 4. The first-order valence-electron chi connectivity index (χ1n) is 6.78. The van der Waals surface area contributed by atoms with Gasteiger partial charge in [0.2, 0.25) is 0 Å². The van der Waals surface area contributed by atoms with Crippen LogP contribution >= 0.6 is 0 Å². The number of esters is 1. The highest BCUT2D eigenvalue weighted by Crippen LogP contribution is 2.23. The fraction of sp³-hybridized carbons (Fsp3) is 0.467. The lowest BCUT2D eigenvalue weighted by Gasteiger charge is -2.22. The molecule has 1 atom stereocenters. The van der Waals surface area contributed by atoms with Gasteiger partial charge in [0.1, 0.15) is 11.7 Å². The van der Waals surface area contributed by atoms with Crippen molar-refractivity contribution < 1.29 is 32.2 Å². The van der Waals surface area contributed by atoms with Crippen molar-refractivity contribution in [3.8, 4) is 0 Å². The van der Waals surface area contributed by atoms with Gasteiger partial charge in [-0.3, -0.25) is 0 Å². The summed E-state index contributed by atoms with van der Waals surface area (Å²) in [5.74, 6) is -2.32. The van der Waals surface area contributed by atoms with Gasteiger partial charge in [0.05, 0.1) is 6.54 Å². The second kappa shape index (κ2) is 7.34. The van der Waals surface area contributed by atoms with Crippen LogP contribution in [-0.4, -0.2) is 30.4 Å². The Morgan fingerprint density at radius 3 is 2.17 bits per heavy atom. The molecule has 0 spiro atoms. The molecule has 0 aliphatic rings. The van der Waals surface area contributed by atoms with E-state index in [0.29, 0.717) is 5.56 Å². The minimum absolute atomic E-state index is 0.321. The van der Waals surface area contributed by atoms with Crippen LogP contribution in [0.15, 0.2) is 30.3 Å². The molecule has 5 nitrogen and oxygen atoms in total. The molecule has 1 amide bonds. The Balaban J connectivity index is 2.77. The van der Waals surface area contributed by atoms with E-state index >= 15 is 0 Å². The van der Waals surface area contributed by atoms with Crippen molar-refractivity contribution in [3.05, 3.63) is 35.9 Å².